The molecule has 5 rings (SSSR count). The summed E-state index contributed by atoms with van der Waals surface area (Å²) < 4.78 is 5.00. The molecule has 0 radical (unpaired) electrons. The molecule has 3 saturated heterocycles. The third-order valence-corrected chi connectivity index (χ3v) is 7.69. The van der Waals surface area contributed by atoms with Gasteiger partial charge in [0.25, 0.3) is 0 Å². The molecule has 0 aromatic carbocycles. The summed E-state index contributed by atoms with van der Waals surface area (Å²) in [5.74, 6) is 0.926. The lowest BCUT2D eigenvalue weighted by molar-refractivity contribution is -0.139. The number of carbonyl (C=O) groups excluding carboxylic acids is 2. The van der Waals surface area contributed by atoms with Gasteiger partial charge in [-0.25, -0.2) is 9.78 Å². The van der Waals surface area contributed by atoms with Gasteiger partial charge in [-0.1, -0.05) is 11.6 Å². The second-order valence-corrected chi connectivity index (χ2v) is 9.69. The number of aromatic nitrogens is 1. The minimum Gasteiger partial charge on any atom is -0.447 e. The van der Waals surface area contributed by atoms with Crippen LogP contribution in [0.3, 0.4) is 0 Å². The molecular weight excluding hydrogens is 420 g/mol. The summed E-state index contributed by atoms with van der Waals surface area (Å²) >= 11 is 6.58. The van der Waals surface area contributed by atoms with Crippen LogP contribution in [-0.4, -0.2) is 71.9 Å². The number of pyridine rings is 1. The smallest absolute Gasteiger partial charge is 0.414 e. The van der Waals surface area contributed by atoms with Gasteiger partial charge in [0.15, 0.2) is 0 Å². The fourth-order valence-electron chi connectivity index (χ4n) is 5.69. The van der Waals surface area contributed by atoms with Crippen molar-refractivity contribution in [2.24, 2.45) is 5.41 Å². The van der Waals surface area contributed by atoms with Crippen molar-refractivity contribution in [3.05, 3.63) is 17.3 Å². The number of nitrogens with zero attached hydrogens (tertiary/aromatic N) is 4. The van der Waals surface area contributed by atoms with Crippen LogP contribution in [0.4, 0.5) is 16.3 Å². The van der Waals surface area contributed by atoms with Gasteiger partial charge < -0.3 is 19.6 Å². The van der Waals surface area contributed by atoms with E-state index >= 15 is 0 Å². The standard InChI is InChI=1S/C22H29ClN4O4/c23-18-12-16(27-10-11-31-21(27)30)13-24-19(18)25-8-1-6-22(14-25)7-9-26(20(22)29)15-2-4-17(28)5-3-15/h12-13,15,17,28H,1-11,14H2/t15-,17-,22-/m0/s1. The average molecular weight is 449 g/mol. The number of ether oxygens (including phenoxy) is 1. The molecule has 4 heterocycles. The lowest BCUT2D eigenvalue weighted by atomic mass is 9.78. The number of aliphatic hydroxyl groups is 1. The highest BCUT2D eigenvalue weighted by Gasteiger charge is 2.51. The second-order valence-electron chi connectivity index (χ2n) is 9.28. The van der Waals surface area contributed by atoms with Crippen molar-refractivity contribution in [1.29, 1.82) is 0 Å². The van der Waals surface area contributed by atoms with E-state index in [-0.39, 0.29) is 29.6 Å². The number of amides is 2. The number of anilines is 2. The molecule has 0 unspecified atom stereocenters. The molecule has 1 aromatic rings. The first-order chi connectivity index (χ1) is 15.0. The lowest BCUT2D eigenvalue weighted by Gasteiger charge is -2.41. The van der Waals surface area contributed by atoms with Crippen molar-refractivity contribution in [1.82, 2.24) is 9.88 Å². The van der Waals surface area contributed by atoms with Gasteiger partial charge in [0.2, 0.25) is 5.91 Å². The Labute approximate surface area is 187 Å². The van der Waals surface area contributed by atoms with Gasteiger partial charge in [0.05, 0.1) is 35.0 Å². The number of hydrogen-bond donors (Lipinski definition) is 1. The van der Waals surface area contributed by atoms with Crippen LogP contribution >= 0.6 is 11.6 Å². The van der Waals surface area contributed by atoms with Gasteiger partial charge in [-0.15, -0.1) is 0 Å². The number of halogens is 1. The van der Waals surface area contributed by atoms with Crippen molar-refractivity contribution in [2.75, 3.05) is 42.6 Å². The normalized spacial score (nSPS) is 31.6. The largest absolute Gasteiger partial charge is 0.447 e. The first-order valence-electron chi connectivity index (χ1n) is 11.3. The van der Waals surface area contributed by atoms with E-state index in [1.807, 2.05) is 0 Å². The first kappa shape index (κ1) is 20.8. The van der Waals surface area contributed by atoms with Gasteiger partial charge in [0, 0.05) is 25.7 Å². The molecule has 1 spiro atoms. The maximum Gasteiger partial charge on any atom is 0.414 e. The van der Waals surface area contributed by atoms with E-state index in [0.717, 1.165) is 58.0 Å². The highest BCUT2D eigenvalue weighted by atomic mass is 35.5. The van der Waals surface area contributed by atoms with Gasteiger partial charge in [-0.3, -0.25) is 9.69 Å². The predicted molar refractivity (Wildman–Crippen MR) is 116 cm³/mol. The van der Waals surface area contributed by atoms with Crippen molar-refractivity contribution in [2.45, 2.75) is 57.1 Å². The average Bonchev–Trinajstić information content (AvgIpc) is 3.33. The molecule has 2 amide bonds. The fraction of sp³-hybridized carbons (Fsp3) is 0.682. The van der Waals surface area contributed by atoms with Gasteiger partial charge in [-0.05, 0) is 51.0 Å². The highest BCUT2D eigenvalue weighted by molar-refractivity contribution is 6.33. The van der Waals surface area contributed by atoms with Gasteiger partial charge in [0.1, 0.15) is 12.4 Å². The number of piperidine rings is 1. The summed E-state index contributed by atoms with van der Waals surface area (Å²) in [6, 6.07) is 2.01. The van der Waals surface area contributed by atoms with Crippen molar-refractivity contribution in [3.63, 3.8) is 0 Å². The predicted octanol–water partition coefficient (Wildman–Crippen LogP) is 2.81. The summed E-state index contributed by atoms with van der Waals surface area (Å²) in [6.45, 7) is 3.08. The zero-order chi connectivity index (χ0) is 21.6. The molecule has 168 valence electrons. The summed E-state index contributed by atoms with van der Waals surface area (Å²) in [6.07, 6.45) is 7.07. The number of rotatable bonds is 3. The number of carbonyl (C=O) groups is 2. The molecule has 0 bridgehead atoms. The summed E-state index contributed by atoms with van der Waals surface area (Å²) in [7, 11) is 0. The van der Waals surface area contributed by atoms with Crippen LogP contribution in [0.15, 0.2) is 12.3 Å². The molecular formula is C22H29ClN4O4. The Kier molecular flexibility index (Phi) is 5.46. The molecule has 1 saturated carbocycles. The molecule has 31 heavy (non-hydrogen) atoms. The third-order valence-electron chi connectivity index (χ3n) is 7.41. The maximum absolute atomic E-state index is 13.5. The minimum atomic E-state index is -0.380. The Bertz CT molecular complexity index is 875. The molecule has 4 fully saturated rings. The Morgan fingerprint density at radius 3 is 2.65 bits per heavy atom. The van der Waals surface area contributed by atoms with Crippen LogP contribution in [0.5, 0.6) is 0 Å². The van der Waals surface area contributed by atoms with E-state index in [9.17, 15) is 14.7 Å². The number of likely N-dealkylation sites (tertiary alicyclic amines) is 1. The van der Waals surface area contributed by atoms with Gasteiger partial charge in [-0.2, -0.15) is 0 Å². The Morgan fingerprint density at radius 2 is 1.94 bits per heavy atom. The summed E-state index contributed by atoms with van der Waals surface area (Å²) in [5.41, 5.74) is 0.252. The quantitative estimate of drug-likeness (QED) is 0.765. The Morgan fingerprint density at radius 1 is 1.13 bits per heavy atom. The zero-order valence-electron chi connectivity index (χ0n) is 17.6. The van der Waals surface area contributed by atoms with Crippen LogP contribution in [0.25, 0.3) is 0 Å². The highest BCUT2D eigenvalue weighted by Crippen LogP contribution is 2.44. The third kappa shape index (κ3) is 3.74. The molecule has 1 aliphatic carbocycles. The van der Waals surface area contributed by atoms with E-state index in [1.54, 1.807) is 12.3 Å². The number of cyclic esters (lactones) is 1. The van der Waals surface area contributed by atoms with E-state index in [4.69, 9.17) is 16.3 Å². The summed E-state index contributed by atoms with van der Waals surface area (Å²) in [4.78, 5) is 35.6. The van der Waals surface area contributed by atoms with E-state index in [2.05, 4.69) is 14.8 Å². The van der Waals surface area contributed by atoms with Crippen LogP contribution in [0.1, 0.15) is 44.9 Å². The molecule has 1 aromatic heterocycles. The van der Waals surface area contributed by atoms with Crippen LogP contribution in [0, 0.1) is 5.41 Å². The molecule has 8 nitrogen and oxygen atoms in total. The Hall–Kier alpha value is -2.06. The topological polar surface area (TPSA) is 86.2 Å². The fourth-order valence-corrected chi connectivity index (χ4v) is 5.97. The molecule has 4 aliphatic rings. The number of hydrogen-bond acceptors (Lipinski definition) is 6. The monoisotopic (exact) mass is 448 g/mol. The van der Waals surface area contributed by atoms with Gasteiger partial charge >= 0.3 is 6.09 Å². The zero-order valence-corrected chi connectivity index (χ0v) is 18.4. The maximum atomic E-state index is 13.5. The van der Waals surface area contributed by atoms with Crippen LogP contribution in [-0.2, 0) is 9.53 Å². The molecule has 1 N–H and O–H groups in total. The lowest BCUT2D eigenvalue weighted by Crippen LogP contribution is -2.50. The molecule has 9 heteroatoms. The van der Waals surface area contributed by atoms with Crippen molar-refractivity contribution < 1.29 is 19.4 Å². The number of aliphatic hydroxyl groups excluding tert-OH is 1. The molecule has 1 atom stereocenters. The van der Waals surface area contributed by atoms with Crippen molar-refractivity contribution >= 4 is 35.1 Å². The SMILES string of the molecule is O=C1OCCN1c1cnc(N2CCC[C@]3(CCN([C@H]4CC[C@H](O)CC4)C3=O)C2)c(Cl)c1. The van der Waals surface area contributed by atoms with Crippen LogP contribution < -0.4 is 9.80 Å². The van der Waals surface area contributed by atoms with E-state index in [1.165, 1.54) is 4.90 Å². The minimum absolute atomic E-state index is 0.216. The van der Waals surface area contributed by atoms with Crippen LogP contribution in [0.2, 0.25) is 5.02 Å². The van der Waals surface area contributed by atoms with Crippen molar-refractivity contribution in [3.8, 4) is 0 Å². The van der Waals surface area contributed by atoms with E-state index in [0.29, 0.717) is 36.2 Å². The summed E-state index contributed by atoms with van der Waals surface area (Å²) in [5, 5.41) is 10.3. The molecule has 3 aliphatic heterocycles. The Balaban J connectivity index is 1.31. The first-order valence-corrected chi connectivity index (χ1v) is 11.7. The van der Waals surface area contributed by atoms with E-state index < -0.39 is 0 Å². The second kappa shape index (κ2) is 8.13.